The molecule has 0 atom stereocenters. The second-order valence-corrected chi connectivity index (χ2v) is 6.18. The lowest BCUT2D eigenvalue weighted by molar-refractivity contribution is -0.142. The average molecular weight is 276 g/mol. The SMILES string of the molecule is CC(C)(C)C(=O)Oc1cc2c(s1)CCNC2.Cl. The van der Waals surface area contributed by atoms with E-state index in [4.69, 9.17) is 4.74 Å². The minimum absolute atomic E-state index is 0. The van der Waals surface area contributed by atoms with E-state index in [1.165, 1.54) is 10.4 Å². The number of carbonyl (C=O) groups excluding carboxylic acids is 1. The number of carbonyl (C=O) groups is 1. The third-order valence-corrected chi connectivity index (χ3v) is 3.64. The van der Waals surface area contributed by atoms with Gasteiger partial charge in [0.2, 0.25) is 0 Å². The molecule has 0 unspecified atom stereocenters. The minimum atomic E-state index is -0.442. The molecule has 3 nitrogen and oxygen atoms in total. The summed E-state index contributed by atoms with van der Waals surface area (Å²) in [5.74, 6) is -0.168. The zero-order chi connectivity index (χ0) is 11.8. The Hall–Kier alpha value is -0.580. The lowest BCUT2D eigenvalue weighted by Gasteiger charge is -2.14. The van der Waals surface area contributed by atoms with E-state index in [2.05, 4.69) is 5.32 Å². The van der Waals surface area contributed by atoms with Gasteiger partial charge in [-0.25, -0.2) is 0 Å². The number of hydrogen-bond donors (Lipinski definition) is 1. The van der Waals surface area contributed by atoms with Crippen LogP contribution in [0.15, 0.2) is 6.07 Å². The van der Waals surface area contributed by atoms with Crippen LogP contribution in [0.25, 0.3) is 0 Å². The maximum Gasteiger partial charge on any atom is 0.317 e. The fourth-order valence-electron chi connectivity index (χ4n) is 1.52. The lowest BCUT2D eigenvalue weighted by atomic mass is 9.97. The Morgan fingerprint density at radius 1 is 1.47 bits per heavy atom. The number of thiophene rings is 1. The summed E-state index contributed by atoms with van der Waals surface area (Å²) in [7, 11) is 0. The summed E-state index contributed by atoms with van der Waals surface area (Å²) in [6.45, 7) is 7.50. The molecule has 0 saturated heterocycles. The van der Waals surface area contributed by atoms with Crippen LogP contribution in [-0.2, 0) is 17.8 Å². The third kappa shape index (κ3) is 3.44. The molecular formula is C12H18ClNO2S. The highest BCUT2D eigenvalue weighted by molar-refractivity contribution is 7.14. The largest absolute Gasteiger partial charge is 0.415 e. The van der Waals surface area contributed by atoms with Crippen LogP contribution in [0.2, 0.25) is 0 Å². The Kier molecular flexibility index (Phi) is 4.58. The second kappa shape index (κ2) is 5.38. The zero-order valence-corrected chi connectivity index (χ0v) is 12.0. The van der Waals surface area contributed by atoms with Gasteiger partial charge < -0.3 is 10.1 Å². The van der Waals surface area contributed by atoms with Gasteiger partial charge in [0.25, 0.3) is 0 Å². The predicted molar refractivity (Wildman–Crippen MR) is 72.1 cm³/mol. The van der Waals surface area contributed by atoms with E-state index in [0.29, 0.717) is 0 Å². The van der Waals surface area contributed by atoms with Crippen LogP contribution in [0.3, 0.4) is 0 Å². The quantitative estimate of drug-likeness (QED) is 0.801. The molecule has 17 heavy (non-hydrogen) atoms. The number of hydrogen-bond acceptors (Lipinski definition) is 4. The van der Waals surface area contributed by atoms with E-state index < -0.39 is 5.41 Å². The van der Waals surface area contributed by atoms with Crippen LogP contribution in [-0.4, -0.2) is 12.5 Å². The Bertz CT molecular complexity index is 386. The van der Waals surface area contributed by atoms with E-state index in [1.54, 1.807) is 11.3 Å². The molecule has 2 rings (SSSR count). The molecule has 1 aromatic rings. The molecule has 0 aromatic carbocycles. The number of fused-ring (bicyclic) bond motifs is 1. The fraction of sp³-hybridized carbons (Fsp3) is 0.583. The predicted octanol–water partition coefficient (Wildman–Crippen LogP) is 2.77. The van der Waals surface area contributed by atoms with Crippen molar-refractivity contribution in [3.63, 3.8) is 0 Å². The van der Waals surface area contributed by atoms with Crippen molar-refractivity contribution in [1.82, 2.24) is 5.32 Å². The van der Waals surface area contributed by atoms with E-state index in [0.717, 1.165) is 24.6 Å². The Morgan fingerprint density at radius 2 is 2.18 bits per heavy atom. The van der Waals surface area contributed by atoms with Gasteiger partial charge in [-0.3, -0.25) is 4.79 Å². The summed E-state index contributed by atoms with van der Waals surface area (Å²) in [6.07, 6.45) is 1.03. The first-order chi connectivity index (χ1) is 7.47. The molecule has 0 amide bonds. The molecule has 0 radical (unpaired) electrons. The van der Waals surface area contributed by atoms with Crippen LogP contribution in [0.5, 0.6) is 5.06 Å². The Balaban J connectivity index is 0.00000144. The summed E-state index contributed by atoms with van der Waals surface area (Å²) in [5.41, 5.74) is 0.830. The smallest absolute Gasteiger partial charge is 0.317 e. The normalized spacial score (nSPS) is 14.8. The zero-order valence-electron chi connectivity index (χ0n) is 10.3. The van der Waals surface area contributed by atoms with Crippen molar-refractivity contribution in [2.24, 2.45) is 5.41 Å². The van der Waals surface area contributed by atoms with E-state index >= 15 is 0 Å². The van der Waals surface area contributed by atoms with Crippen LogP contribution >= 0.6 is 23.7 Å². The van der Waals surface area contributed by atoms with Crippen molar-refractivity contribution < 1.29 is 9.53 Å². The molecule has 1 aromatic heterocycles. The molecular weight excluding hydrogens is 258 g/mol. The maximum absolute atomic E-state index is 11.7. The fourth-order valence-corrected chi connectivity index (χ4v) is 2.55. The van der Waals surface area contributed by atoms with Crippen molar-refractivity contribution in [3.05, 3.63) is 16.5 Å². The van der Waals surface area contributed by atoms with Gasteiger partial charge in [-0.15, -0.1) is 23.7 Å². The summed E-state index contributed by atoms with van der Waals surface area (Å²) in [6, 6.07) is 1.98. The van der Waals surface area contributed by atoms with Gasteiger partial charge in [-0.2, -0.15) is 0 Å². The van der Waals surface area contributed by atoms with Gasteiger partial charge >= 0.3 is 5.97 Å². The highest BCUT2D eigenvalue weighted by Gasteiger charge is 2.25. The molecule has 1 N–H and O–H groups in total. The molecule has 5 heteroatoms. The first-order valence-electron chi connectivity index (χ1n) is 5.51. The molecule has 0 bridgehead atoms. The van der Waals surface area contributed by atoms with E-state index in [9.17, 15) is 4.79 Å². The molecule has 0 saturated carbocycles. The maximum atomic E-state index is 11.7. The number of esters is 1. The molecule has 0 fully saturated rings. The summed E-state index contributed by atoms with van der Waals surface area (Å²) in [4.78, 5) is 13.1. The molecule has 96 valence electrons. The van der Waals surface area contributed by atoms with Crippen molar-refractivity contribution in [2.45, 2.75) is 33.7 Å². The molecule has 1 aliphatic heterocycles. The van der Waals surface area contributed by atoms with Gasteiger partial charge in [0.05, 0.1) is 5.41 Å². The highest BCUT2D eigenvalue weighted by Crippen LogP contribution is 2.32. The Labute approximate surface area is 112 Å². The Morgan fingerprint density at radius 3 is 2.76 bits per heavy atom. The van der Waals surface area contributed by atoms with Crippen molar-refractivity contribution >= 4 is 29.7 Å². The molecule has 0 spiro atoms. The molecule has 0 aliphatic carbocycles. The monoisotopic (exact) mass is 275 g/mol. The van der Waals surface area contributed by atoms with Gasteiger partial charge in [0, 0.05) is 18.0 Å². The van der Waals surface area contributed by atoms with Crippen LogP contribution in [0.1, 0.15) is 31.2 Å². The van der Waals surface area contributed by atoms with Crippen LogP contribution in [0.4, 0.5) is 0 Å². The average Bonchev–Trinajstić information content (AvgIpc) is 2.58. The van der Waals surface area contributed by atoms with Gasteiger partial charge in [0.1, 0.15) is 0 Å². The third-order valence-electron chi connectivity index (χ3n) is 2.52. The molecule has 1 aliphatic rings. The van der Waals surface area contributed by atoms with Crippen molar-refractivity contribution in [1.29, 1.82) is 0 Å². The van der Waals surface area contributed by atoms with Crippen molar-refractivity contribution in [2.75, 3.05) is 6.54 Å². The van der Waals surface area contributed by atoms with Crippen molar-refractivity contribution in [3.8, 4) is 5.06 Å². The minimum Gasteiger partial charge on any atom is -0.415 e. The first-order valence-corrected chi connectivity index (χ1v) is 6.33. The highest BCUT2D eigenvalue weighted by atomic mass is 35.5. The first kappa shape index (κ1) is 14.5. The topological polar surface area (TPSA) is 38.3 Å². The van der Waals surface area contributed by atoms with Gasteiger partial charge in [0.15, 0.2) is 5.06 Å². The van der Waals surface area contributed by atoms with Crippen LogP contribution < -0.4 is 10.1 Å². The lowest BCUT2D eigenvalue weighted by Crippen LogP contribution is -2.25. The number of ether oxygens (including phenoxy) is 1. The van der Waals surface area contributed by atoms with Gasteiger partial charge in [-0.05, 0) is 38.8 Å². The van der Waals surface area contributed by atoms with E-state index in [-0.39, 0.29) is 18.4 Å². The standard InChI is InChI=1S/C12H17NO2S.ClH/c1-12(2,3)11(14)15-10-6-8-7-13-5-4-9(8)16-10;/h6,13H,4-5,7H2,1-3H3;1H. The number of nitrogens with one attached hydrogen (secondary N) is 1. The van der Waals surface area contributed by atoms with E-state index in [1.807, 2.05) is 26.8 Å². The molecule has 2 heterocycles. The summed E-state index contributed by atoms with van der Waals surface area (Å²) < 4.78 is 5.38. The summed E-state index contributed by atoms with van der Waals surface area (Å²) in [5, 5.41) is 4.03. The van der Waals surface area contributed by atoms with Crippen LogP contribution in [0, 0.1) is 5.41 Å². The van der Waals surface area contributed by atoms with Gasteiger partial charge in [-0.1, -0.05) is 0 Å². The number of halogens is 1. The number of rotatable bonds is 1. The summed E-state index contributed by atoms with van der Waals surface area (Å²) >= 11 is 1.60. The second-order valence-electron chi connectivity index (χ2n) is 5.08.